The highest BCUT2D eigenvalue weighted by Gasteiger charge is 2.28. The largest absolute Gasteiger partial charge is 0.493 e. The lowest BCUT2D eigenvalue weighted by Crippen LogP contribution is -2.49. The van der Waals surface area contributed by atoms with Gasteiger partial charge in [-0.25, -0.2) is 14.2 Å². The standard InChI is InChI=1S/C29H34FN7O4/c1-29(2,3)41-28(39)34-21-6-5-11-36(17-21)25-23(40-4)14-32-26-24(25)22(13-31-26)35-27(38)19-12-33-37(16-19)15-18-7-9-20(30)10-8-18/h7-10,12-14,16,21H,5-6,11,15,17H2,1-4H3,(H,31,32)(H,34,39)(H,35,38). The molecule has 12 heteroatoms. The zero-order chi connectivity index (χ0) is 29.1. The summed E-state index contributed by atoms with van der Waals surface area (Å²) in [6.07, 6.45) is 7.67. The van der Waals surface area contributed by atoms with Gasteiger partial charge in [0.2, 0.25) is 0 Å². The van der Waals surface area contributed by atoms with Crippen LogP contribution in [-0.2, 0) is 11.3 Å². The quantitative estimate of drug-likeness (QED) is 0.298. The van der Waals surface area contributed by atoms with Crippen LogP contribution < -0.4 is 20.3 Å². The number of anilines is 2. The van der Waals surface area contributed by atoms with Gasteiger partial charge in [-0.15, -0.1) is 0 Å². The van der Waals surface area contributed by atoms with Crippen molar-refractivity contribution in [2.24, 2.45) is 0 Å². The van der Waals surface area contributed by atoms with Crippen LogP contribution in [0.4, 0.5) is 20.6 Å². The normalized spacial score (nSPS) is 15.5. The Morgan fingerprint density at radius 3 is 2.71 bits per heavy atom. The molecule has 2 amide bonds. The second-order valence-electron chi connectivity index (χ2n) is 11.0. The Morgan fingerprint density at radius 1 is 1.20 bits per heavy atom. The lowest BCUT2D eigenvalue weighted by atomic mass is 10.0. The van der Waals surface area contributed by atoms with Crippen molar-refractivity contribution in [2.75, 3.05) is 30.4 Å². The maximum absolute atomic E-state index is 13.2. The van der Waals surface area contributed by atoms with Gasteiger partial charge in [0.25, 0.3) is 5.91 Å². The number of hydrogen-bond donors (Lipinski definition) is 3. The van der Waals surface area contributed by atoms with Crippen molar-refractivity contribution in [3.63, 3.8) is 0 Å². The maximum atomic E-state index is 13.2. The SMILES string of the molecule is COc1cnc2[nH]cc(NC(=O)c3cnn(Cc4ccc(F)cc4)c3)c2c1N1CCCC(NC(=O)OC(C)(C)C)C1. The smallest absolute Gasteiger partial charge is 0.407 e. The molecule has 1 aliphatic rings. The van der Waals surface area contributed by atoms with Gasteiger partial charge < -0.3 is 30.0 Å². The van der Waals surface area contributed by atoms with Crippen LogP contribution >= 0.6 is 0 Å². The van der Waals surface area contributed by atoms with Crippen molar-refractivity contribution in [1.29, 1.82) is 0 Å². The first-order valence-corrected chi connectivity index (χ1v) is 13.5. The van der Waals surface area contributed by atoms with Gasteiger partial charge in [-0.2, -0.15) is 5.10 Å². The molecule has 0 bridgehead atoms. The summed E-state index contributed by atoms with van der Waals surface area (Å²) in [6.45, 7) is 7.16. The van der Waals surface area contributed by atoms with Crippen LogP contribution in [-0.4, -0.2) is 63.6 Å². The average molecular weight is 564 g/mol. The Morgan fingerprint density at radius 2 is 1.98 bits per heavy atom. The lowest BCUT2D eigenvalue weighted by Gasteiger charge is -2.36. The number of nitrogens with zero attached hydrogens (tertiary/aromatic N) is 4. The van der Waals surface area contributed by atoms with Crippen molar-refractivity contribution in [1.82, 2.24) is 25.1 Å². The highest BCUT2D eigenvalue weighted by Crippen LogP contribution is 2.40. The molecular formula is C29H34FN7O4. The fourth-order valence-electron chi connectivity index (χ4n) is 4.93. The first-order valence-electron chi connectivity index (χ1n) is 13.5. The molecule has 3 aromatic heterocycles. The van der Waals surface area contributed by atoms with E-state index in [9.17, 15) is 14.0 Å². The summed E-state index contributed by atoms with van der Waals surface area (Å²) < 4.78 is 26.0. The predicted molar refractivity (Wildman–Crippen MR) is 153 cm³/mol. The molecule has 1 unspecified atom stereocenters. The summed E-state index contributed by atoms with van der Waals surface area (Å²) >= 11 is 0. The molecule has 11 nitrogen and oxygen atoms in total. The summed E-state index contributed by atoms with van der Waals surface area (Å²) in [7, 11) is 1.58. The summed E-state index contributed by atoms with van der Waals surface area (Å²) in [6, 6.07) is 6.01. The lowest BCUT2D eigenvalue weighted by molar-refractivity contribution is 0.0500. The minimum Gasteiger partial charge on any atom is -0.493 e. The number of alkyl carbamates (subject to hydrolysis) is 1. The Bertz CT molecular complexity index is 1540. The van der Waals surface area contributed by atoms with Crippen molar-refractivity contribution in [3.8, 4) is 5.75 Å². The number of benzene rings is 1. The number of carbonyl (C=O) groups excluding carboxylic acids is 2. The summed E-state index contributed by atoms with van der Waals surface area (Å²) in [5.74, 6) is -0.0938. The van der Waals surface area contributed by atoms with Crippen LogP contribution in [0.1, 0.15) is 49.5 Å². The molecule has 5 rings (SSSR count). The number of nitrogens with one attached hydrogen (secondary N) is 3. The van der Waals surface area contributed by atoms with E-state index in [0.29, 0.717) is 41.1 Å². The first-order chi connectivity index (χ1) is 19.6. The number of aromatic nitrogens is 4. The van der Waals surface area contributed by atoms with Crippen molar-refractivity contribution < 1.29 is 23.5 Å². The van der Waals surface area contributed by atoms with E-state index in [1.165, 1.54) is 18.3 Å². The van der Waals surface area contributed by atoms with E-state index in [0.717, 1.165) is 30.6 Å². The highest BCUT2D eigenvalue weighted by atomic mass is 19.1. The molecule has 4 aromatic rings. The van der Waals surface area contributed by atoms with Crippen LogP contribution in [0.5, 0.6) is 5.75 Å². The van der Waals surface area contributed by atoms with Gasteiger partial charge in [0.15, 0.2) is 5.75 Å². The Kier molecular flexibility index (Phi) is 7.82. The topological polar surface area (TPSA) is 126 Å². The molecule has 1 atom stereocenters. The fraction of sp³-hybridized carbons (Fsp3) is 0.379. The second kappa shape index (κ2) is 11.5. The molecule has 0 spiro atoms. The number of pyridine rings is 1. The van der Waals surface area contributed by atoms with E-state index < -0.39 is 11.7 Å². The second-order valence-corrected chi connectivity index (χ2v) is 11.0. The number of aromatic amines is 1. The first kappa shape index (κ1) is 27.9. The third kappa shape index (κ3) is 6.59. The van der Waals surface area contributed by atoms with Gasteiger partial charge in [-0.05, 0) is 51.3 Å². The molecule has 0 saturated carbocycles. The number of amides is 2. The summed E-state index contributed by atoms with van der Waals surface area (Å²) in [4.78, 5) is 35.4. The van der Waals surface area contributed by atoms with Crippen LogP contribution in [0.3, 0.4) is 0 Å². The Labute approximate surface area is 237 Å². The third-order valence-electron chi connectivity index (χ3n) is 6.72. The number of rotatable bonds is 7. The van der Waals surface area contributed by atoms with Crippen molar-refractivity contribution in [2.45, 2.75) is 51.8 Å². The van der Waals surface area contributed by atoms with Gasteiger partial charge in [0.05, 0.1) is 48.4 Å². The average Bonchev–Trinajstić information content (AvgIpc) is 3.56. The van der Waals surface area contributed by atoms with Gasteiger partial charge in [0, 0.05) is 31.5 Å². The number of piperidine rings is 1. The van der Waals surface area contributed by atoms with E-state index in [1.54, 1.807) is 42.5 Å². The van der Waals surface area contributed by atoms with E-state index in [2.05, 4.69) is 30.6 Å². The van der Waals surface area contributed by atoms with Crippen LogP contribution in [0.15, 0.2) is 49.1 Å². The number of hydrogen-bond acceptors (Lipinski definition) is 7. The molecule has 1 fully saturated rings. The number of carbonyl (C=O) groups is 2. The fourth-order valence-corrected chi connectivity index (χ4v) is 4.93. The van der Waals surface area contributed by atoms with Gasteiger partial charge in [0.1, 0.15) is 17.1 Å². The molecule has 4 heterocycles. The molecule has 1 saturated heterocycles. The molecule has 0 aliphatic carbocycles. The summed E-state index contributed by atoms with van der Waals surface area (Å²) in [5, 5.41) is 11.0. The molecule has 216 valence electrons. The zero-order valence-corrected chi connectivity index (χ0v) is 23.5. The number of H-pyrrole nitrogens is 1. The Hall–Kier alpha value is -4.61. The number of halogens is 1. The maximum Gasteiger partial charge on any atom is 0.407 e. The molecule has 1 aliphatic heterocycles. The molecule has 1 aromatic carbocycles. The molecular weight excluding hydrogens is 529 g/mol. The van der Waals surface area contributed by atoms with E-state index in [-0.39, 0.29) is 17.8 Å². The Balaban J connectivity index is 1.36. The molecule has 3 N–H and O–H groups in total. The van der Waals surface area contributed by atoms with E-state index >= 15 is 0 Å². The minimum absolute atomic E-state index is 0.129. The third-order valence-corrected chi connectivity index (χ3v) is 6.72. The predicted octanol–water partition coefficient (Wildman–Crippen LogP) is 4.70. The highest BCUT2D eigenvalue weighted by molar-refractivity contribution is 6.12. The van der Waals surface area contributed by atoms with Gasteiger partial charge >= 0.3 is 6.09 Å². The van der Waals surface area contributed by atoms with Crippen LogP contribution in [0.2, 0.25) is 0 Å². The summed E-state index contributed by atoms with van der Waals surface area (Å²) in [5.41, 5.74) is 2.55. The van der Waals surface area contributed by atoms with Crippen molar-refractivity contribution in [3.05, 3.63) is 66.0 Å². The van der Waals surface area contributed by atoms with E-state index in [4.69, 9.17) is 9.47 Å². The van der Waals surface area contributed by atoms with Gasteiger partial charge in [-0.3, -0.25) is 9.48 Å². The van der Waals surface area contributed by atoms with Crippen LogP contribution in [0, 0.1) is 5.82 Å². The monoisotopic (exact) mass is 563 g/mol. The van der Waals surface area contributed by atoms with Gasteiger partial charge in [-0.1, -0.05) is 12.1 Å². The number of fused-ring (bicyclic) bond motifs is 1. The molecule has 0 radical (unpaired) electrons. The number of ether oxygens (including phenoxy) is 2. The minimum atomic E-state index is -0.589. The van der Waals surface area contributed by atoms with Crippen molar-refractivity contribution >= 4 is 34.4 Å². The van der Waals surface area contributed by atoms with Crippen LogP contribution in [0.25, 0.3) is 11.0 Å². The zero-order valence-electron chi connectivity index (χ0n) is 23.5. The molecule has 41 heavy (non-hydrogen) atoms. The van der Waals surface area contributed by atoms with E-state index in [1.807, 2.05) is 20.8 Å². The number of methoxy groups -OCH3 is 1.